The molecule has 0 amide bonds. The first kappa shape index (κ1) is 15.4. The van der Waals surface area contributed by atoms with Gasteiger partial charge in [0.2, 0.25) is 0 Å². The summed E-state index contributed by atoms with van der Waals surface area (Å²) in [5.74, 6) is 0.169. The Kier molecular flexibility index (Phi) is 5.54. The summed E-state index contributed by atoms with van der Waals surface area (Å²) in [6.07, 6.45) is 2.55. The maximum Gasteiger partial charge on any atom is 0.141 e. The highest BCUT2D eigenvalue weighted by atomic mass is 79.9. The molecule has 2 rings (SSSR count). The average Bonchev–Trinajstić information content (AvgIpc) is 2.85. The van der Waals surface area contributed by atoms with Gasteiger partial charge in [-0.3, -0.25) is 4.98 Å². The topological polar surface area (TPSA) is 65.4 Å². The number of rotatable bonds is 6. The van der Waals surface area contributed by atoms with Crippen molar-refractivity contribution in [2.24, 2.45) is 0 Å². The number of hydrogen-bond donors (Lipinski definition) is 3. The quantitative estimate of drug-likeness (QED) is 0.696. The second kappa shape index (κ2) is 7.17. The van der Waals surface area contributed by atoms with E-state index in [0.29, 0.717) is 17.8 Å². The zero-order chi connectivity index (χ0) is 14.5. The molecule has 6 heteroatoms. The zero-order valence-electron chi connectivity index (χ0n) is 11.2. The van der Waals surface area contributed by atoms with Crippen LogP contribution in [0.2, 0.25) is 0 Å². The Hall–Kier alpha value is -0.950. The minimum Gasteiger partial charge on any atom is -0.506 e. The van der Waals surface area contributed by atoms with E-state index in [0.717, 1.165) is 22.3 Å². The van der Waals surface area contributed by atoms with Crippen LogP contribution >= 0.6 is 27.3 Å². The summed E-state index contributed by atoms with van der Waals surface area (Å²) in [5.41, 5.74) is 1.98. The van der Waals surface area contributed by atoms with Gasteiger partial charge in [-0.2, -0.15) is 0 Å². The fraction of sp³-hybridized carbons (Fsp3) is 0.357. The first-order valence-electron chi connectivity index (χ1n) is 6.34. The van der Waals surface area contributed by atoms with Gasteiger partial charge in [0.15, 0.2) is 0 Å². The lowest BCUT2D eigenvalue weighted by Gasteiger charge is -2.12. The molecule has 3 N–H and O–H groups in total. The molecule has 2 aromatic heterocycles. The molecule has 0 radical (unpaired) electrons. The average molecular weight is 357 g/mol. The van der Waals surface area contributed by atoms with Gasteiger partial charge in [-0.1, -0.05) is 0 Å². The highest BCUT2D eigenvalue weighted by molar-refractivity contribution is 9.11. The standard InChI is InChI=1S/C14H17BrN2O2S/c1-9-14(19)12(10(8-18)6-17-9)7-16-5-4-11-2-3-13(15)20-11/h2-3,6,16,18-19H,4-5,7-8H2,1H3. The van der Waals surface area contributed by atoms with Gasteiger partial charge in [-0.05, 0) is 41.4 Å². The Morgan fingerprint density at radius 2 is 2.20 bits per heavy atom. The molecule has 0 unspecified atom stereocenters. The summed E-state index contributed by atoms with van der Waals surface area (Å²) in [5, 5.41) is 22.6. The van der Waals surface area contributed by atoms with Crippen molar-refractivity contribution in [1.29, 1.82) is 0 Å². The summed E-state index contributed by atoms with van der Waals surface area (Å²) in [6, 6.07) is 4.14. The molecule has 0 atom stereocenters. The summed E-state index contributed by atoms with van der Waals surface area (Å²) in [6.45, 7) is 2.98. The van der Waals surface area contributed by atoms with Gasteiger partial charge in [-0.15, -0.1) is 11.3 Å². The molecule has 4 nitrogen and oxygen atoms in total. The predicted octanol–water partition coefficient (Wildman–Crippen LogP) is 2.74. The number of nitrogens with zero attached hydrogens (tertiary/aromatic N) is 1. The van der Waals surface area contributed by atoms with Gasteiger partial charge >= 0.3 is 0 Å². The number of aliphatic hydroxyl groups is 1. The van der Waals surface area contributed by atoms with Crippen molar-refractivity contribution in [3.05, 3.63) is 43.8 Å². The van der Waals surface area contributed by atoms with Crippen LogP contribution in [0.1, 0.15) is 21.7 Å². The molecule has 0 fully saturated rings. The van der Waals surface area contributed by atoms with Crippen molar-refractivity contribution in [3.63, 3.8) is 0 Å². The molecule has 0 aromatic carbocycles. The molecule has 0 bridgehead atoms. The van der Waals surface area contributed by atoms with E-state index in [4.69, 9.17) is 0 Å². The molecule has 0 spiro atoms. The lowest BCUT2D eigenvalue weighted by Crippen LogP contribution is -2.18. The Morgan fingerprint density at radius 1 is 1.40 bits per heavy atom. The van der Waals surface area contributed by atoms with Gasteiger partial charge < -0.3 is 15.5 Å². The Labute approximate surface area is 130 Å². The normalized spacial score (nSPS) is 10.9. The van der Waals surface area contributed by atoms with Gasteiger partial charge in [0.25, 0.3) is 0 Å². The lowest BCUT2D eigenvalue weighted by atomic mass is 10.1. The van der Waals surface area contributed by atoms with Gasteiger partial charge in [0, 0.05) is 35.3 Å². The minimum absolute atomic E-state index is 0.115. The van der Waals surface area contributed by atoms with Crippen LogP contribution in [0.4, 0.5) is 0 Å². The van der Waals surface area contributed by atoms with E-state index in [9.17, 15) is 10.2 Å². The molecule has 20 heavy (non-hydrogen) atoms. The van der Waals surface area contributed by atoms with E-state index in [2.05, 4.69) is 32.3 Å². The molecule has 0 aliphatic rings. The molecule has 0 saturated carbocycles. The number of pyridine rings is 1. The number of aliphatic hydroxyl groups excluding tert-OH is 1. The Morgan fingerprint density at radius 3 is 2.85 bits per heavy atom. The van der Waals surface area contributed by atoms with Crippen molar-refractivity contribution in [2.45, 2.75) is 26.5 Å². The van der Waals surface area contributed by atoms with E-state index in [1.807, 2.05) is 6.07 Å². The molecular weight excluding hydrogens is 340 g/mol. The smallest absolute Gasteiger partial charge is 0.141 e. The Bertz CT molecular complexity index is 587. The third-order valence-corrected chi connectivity index (χ3v) is 4.76. The number of thiophene rings is 1. The molecule has 2 heterocycles. The second-order valence-electron chi connectivity index (χ2n) is 4.49. The fourth-order valence-electron chi connectivity index (χ4n) is 1.93. The molecule has 2 aromatic rings. The van der Waals surface area contributed by atoms with E-state index in [-0.39, 0.29) is 12.4 Å². The summed E-state index contributed by atoms with van der Waals surface area (Å²) < 4.78 is 1.14. The summed E-state index contributed by atoms with van der Waals surface area (Å²) in [4.78, 5) is 5.35. The molecule has 0 aliphatic carbocycles. The van der Waals surface area contributed by atoms with Crippen LogP contribution in [0.15, 0.2) is 22.1 Å². The van der Waals surface area contributed by atoms with Gasteiger partial charge in [0.05, 0.1) is 16.1 Å². The maximum absolute atomic E-state index is 10.0. The second-order valence-corrected chi connectivity index (χ2v) is 7.03. The minimum atomic E-state index is -0.115. The highest BCUT2D eigenvalue weighted by Crippen LogP contribution is 2.24. The van der Waals surface area contributed by atoms with Crippen LogP contribution in [-0.2, 0) is 19.6 Å². The lowest BCUT2D eigenvalue weighted by molar-refractivity contribution is 0.278. The van der Waals surface area contributed by atoms with Crippen LogP contribution in [0, 0.1) is 6.92 Å². The van der Waals surface area contributed by atoms with Crippen molar-refractivity contribution in [1.82, 2.24) is 10.3 Å². The molecule has 108 valence electrons. The third-order valence-electron chi connectivity index (χ3n) is 3.08. The van der Waals surface area contributed by atoms with E-state index < -0.39 is 0 Å². The van der Waals surface area contributed by atoms with Gasteiger partial charge in [-0.25, -0.2) is 0 Å². The van der Waals surface area contributed by atoms with Crippen LogP contribution in [-0.4, -0.2) is 21.7 Å². The Balaban J connectivity index is 1.92. The first-order chi connectivity index (χ1) is 9.61. The third kappa shape index (κ3) is 3.79. The fourth-order valence-corrected chi connectivity index (χ4v) is 3.41. The van der Waals surface area contributed by atoms with E-state index >= 15 is 0 Å². The first-order valence-corrected chi connectivity index (χ1v) is 7.95. The van der Waals surface area contributed by atoms with Crippen LogP contribution < -0.4 is 5.32 Å². The largest absolute Gasteiger partial charge is 0.506 e. The summed E-state index contributed by atoms with van der Waals surface area (Å²) in [7, 11) is 0. The van der Waals surface area contributed by atoms with Crippen LogP contribution in [0.3, 0.4) is 0 Å². The zero-order valence-corrected chi connectivity index (χ0v) is 13.6. The van der Waals surface area contributed by atoms with Crippen molar-refractivity contribution >= 4 is 27.3 Å². The number of aromatic hydroxyl groups is 1. The highest BCUT2D eigenvalue weighted by Gasteiger charge is 2.10. The monoisotopic (exact) mass is 356 g/mol. The number of aryl methyl sites for hydroxylation is 1. The summed E-state index contributed by atoms with van der Waals surface area (Å²) >= 11 is 5.17. The molecule has 0 saturated heterocycles. The molecular formula is C14H17BrN2O2S. The predicted molar refractivity (Wildman–Crippen MR) is 84.0 cm³/mol. The van der Waals surface area contributed by atoms with Crippen molar-refractivity contribution < 1.29 is 10.2 Å². The van der Waals surface area contributed by atoms with Gasteiger partial charge in [0.1, 0.15) is 5.75 Å². The number of halogens is 1. The number of nitrogens with one attached hydrogen (secondary N) is 1. The van der Waals surface area contributed by atoms with Crippen LogP contribution in [0.5, 0.6) is 5.75 Å². The number of hydrogen-bond acceptors (Lipinski definition) is 5. The van der Waals surface area contributed by atoms with E-state index in [1.165, 1.54) is 4.88 Å². The molecule has 0 aliphatic heterocycles. The van der Waals surface area contributed by atoms with Crippen molar-refractivity contribution in [3.8, 4) is 5.75 Å². The van der Waals surface area contributed by atoms with E-state index in [1.54, 1.807) is 24.5 Å². The maximum atomic E-state index is 10.0. The number of aromatic nitrogens is 1. The van der Waals surface area contributed by atoms with Crippen molar-refractivity contribution in [2.75, 3.05) is 6.54 Å². The van der Waals surface area contributed by atoms with Crippen LogP contribution in [0.25, 0.3) is 0 Å². The SMILES string of the molecule is Cc1ncc(CO)c(CNCCc2ccc(Br)s2)c1O.